The zero-order chi connectivity index (χ0) is 18.6. The fourth-order valence-electron chi connectivity index (χ4n) is 3.00. The van der Waals surface area contributed by atoms with E-state index in [9.17, 15) is 4.79 Å². The molecule has 0 aliphatic carbocycles. The molecular weight excluding hydrogens is 330 g/mol. The molecule has 2 aromatic rings. The maximum Gasteiger partial charge on any atom is 0.234 e. The number of carbonyl (C=O) groups excluding carboxylic acids is 1. The quantitative estimate of drug-likeness (QED) is 0.711. The number of rotatable bonds is 7. The van der Waals surface area contributed by atoms with Crippen molar-refractivity contribution in [3.63, 3.8) is 0 Å². The number of imidazole rings is 1. The van der Waals surface area contributed by atoms with Crippen molar-refractivity contribution in [1.29, 1.82) is 0 Å². The van der Waals surface area contributed by atoms with Crippen molar-refractivity contribution in [3.8, 4) is 0 Å². The predicted octanol–water partition coefficient (Wildman–Crippen LogP) is 4.96. The van der Waals surface area contributed by atoms with E-state index in [1.54, 1.807) is 0 Å². The first-order chi connectivity index (χ1) is 11.8. The van der Waals surface area contributed by atoms with Crippen LogP contribution in [0.25, 0.3) is 0 Å². The largest absolute Gasteiger partial charge is 0.325 e. The molecule has 4 nitrogen and oxygen atoms in total. The van der Waals surface area contributed by atoms with Gasteiger partial charge < -0.3 is 9.88 Å². The van der Waals surface area contributed by atoms with Crippen molar-refractivity contribution in [2.45, 2.75) is 66.1 Å². The van der Waals surface area contributed by atoms with Crippen molar-refractivity contribution < 1.29 is 4.79 Å². The zero-order valence-corrected chi connectivity index (χ0v) is 17.0. The third kappa shape index (κ3) is 4.88. The third-order valence-corrected chi connectivity index (χ3v) is 5.41. The van der Waals surface area contributed by atoms with Gasteiger partial charge in [-0.25, -0.2) is 4.98 Å². The number of anilines is 1. The number of amides is 1. The summed E-state index contributed by atoms with van der Waals surface area (Å²) in [6.45, 7) is 13.4. The first-order valence-electron chi connectivity index (χ1n) is 8.87. The number of hydrogen-bond acceptors (Lipinski definition) is 3. The average molecular weight is 360 g/mol. The van der Waals surface area contributed by atoms with Crippen LogP contribution in [0.15, 0.2) is 17.3 Å². The Labute approximate surface area is 155 Å². The van der Waals surface area contributed by atoms with Gasteiger partial charge in [0.05, 0.1) is 11.4 Å². The Kier molecular flexibility index (Phi) is 6.71. The lowest BCUT2D eigenvalue weighted by Crippen LogP contribution is -2.16. The molecule has 1 heterocycles. The summed E-state index contributed by atoms with van der Waals surface area (Å²) in [5.41, 5.74) is 6.59. The number of aromatic nitrogens is 2. The second-order valence-corrected chi connectivity index (χ2v) is 7.62. The van der Waals surface area contributed by atoms with Crippen molar-refractivity contribution in [2.24, 2.45) is 0 Å². The van der Waals surface area contributed by atoms with E-state index in [0.29, 0.717) is 5.75 Å². The minimum Gasteiger partial charge on any atom is -0.325 e. The highest BCUT2D eigenvalue weighted by molar-refractivity contribution is 7.99. The standard InChI is InChI=1S/C20H29N3OS/c1-7-8-9-23-17(6)16(5)21-20(23)25-12-18(24)22-19-14(3)10-13(2)11-15(19)4/h10-11H,7-9,12H2,1-6H3,(H,22,24). The van der Waals surface area contributed by atoms with Crippen molar-refractivity contribution in [1.82, 2.24) is 9.55 Å². The highest BCUT2D eigenvalue weighted by Crippen LogP contribution is 2.24. The van der Waals surface area contributed by atoms with Gasteiger partial charge in [-0.3, -0.25) is 4.79 Å². The van der Waals surface area contributed by atoms with E-state index in [4.69, 9.17) is 0 Å². The molecule has 0 aliphatic rings. The fourth-order valence-corrected chi connectivity index (χ4v) is 3.91. The zero-order valence-electron chi connectivity index (χ0n) is 16.2. The van der Waals surface area contributed by atoms with Gasteiger partial charge >= 0.3 is 0 Å². The summed E-state index contributed by atoms with van der Waals surface area (Å²) in [6.07, 6.45) is 2.27. The molecule has 0 saturated carbocycles. The Hall–Kier alpha value is -1.75. The molecule has 0 saturated heterocycles. The lowest BCUT2D eigenvalue weighted by Gasteiger charge is -2.13. The van der Waals surface area contributed by atoms with Crippen molar-refractivity contribution in [3.05, 3.63) is 40.2 Å². The summed E-state index contributed by atoms with van der Waals surface area (Å²) in [5, 5.41) is 4.00. The van der Waals surface area contributed by atoms with E-state index in [1.165, 1.54) is 23.0 Å². The Balaban J connectivity index is 2.05. The van der Waals surface area contributed by atoms with Gasteiger partial charge in [0.1, 0.15) is 0 Å². The topological polar surface area (TPSA) is 46.9 Å². The smallest absolute Gasteiger partial charge is 0.234 e. The van der Waals surface area contributed by atoms with Crippen LogP contribution >= 0.6 is 11.8 Å². The minimum absolute atomic E-state index is 0.0143. The van der Waals surface area contributed by atoms with E-state index < -0.39 is 0 Å². The summed E-state index contributed by atoms with van der Waals surface area (Å²) in [6, 6.07) is 4.19. The molecule has 0 radical (unpaired) electrons. The lowest BCUT2D eigenvalue weighted by atomic mass is 10.1. The summed E-state index contributed by atoms with van der Waals surface area (Å²) >= 11 is 1.51. The maximum absolute atomic E-state index is 12.4. The molecule has 0 atom stereocenters. The summed E-state index contributed by atoms with van der Waals surface area (Å²) in [5.74, 6) is 0.384. The van der Waals surface area contributed by atoms with Crippen LogP contribution in [0.2, 0.25) is 0 Å². The normalized spacial score (nSPS) is 11.0. The predicted molar refractivity (Wildman–Crippen MR) is 107 cm³/mol. The van der Waals surface area contributed by atoms with Gasteiger partial charge in [0, 0.05) is 17.9 Å². The molecule has 25 heavy (non-hydrogen) atoms. The monoisotopic (exact) mass is 359 g/mol. The van der Waals surface area contributed by atoms with Crippen LogP contribution in [0.4, 0.5) is 5.69 Å². The van der Waals surface area contributed by atoms with Gasteiger partial charge in [0.25, 0.3) is 0 Å². The first kappa shape index (κ1) is 19.6. The average Bonchev–Trinajstić information content (AvgIpc) is 2.81. The molecule has 0 spiro atoms. The minimum atomic E-state index is 0.0143. The van der Waals surface area contributed by atoms with Crippen LogP contribution in [-0.2, 0) is 11.3 Å². The number of carbonyl (C=O) groups is 1. The van der Waals surface area contributed by atoms with Crippen molar-refractivity contribution in [2.75, 3.05) is 11.1 Å². The highest BCUT2D eigenvalue weighted by atomic mass is 32.2. The van der Waals surface area contributed by atoms with Crippen LogP contribution in [0.1, 0.15) is 47.8 Å². The maximum atomic E-state index is 12.4. The molecule has 2 rings (SSSR count). The Bertz CT molecular complexity index is 742. The molecular formula is C20H29N3OS. The Morgan fingerprint density at radius 3 is 2.40 bits per heavy atom. The second kappa shape index (κ2) is 8.56. The summed E-state index contributed by atoms with van der Waals surface area (Å²) in [4.78, 5) is 17.1. The third-order valence-electron chi connectivity index (χ3n) is 4.43. The molecule has 1 aromatic heterocycles. The van der Waals surface area contributed by atoms with E-state index in [2.05, 4.69) is 47.8 Å². The summed E-state index contributed by atoms with van der Waals surface area (Å²) in [7, 11) is 0. The van der Waals surface area contributed by atoms with E-state index in [0.717, 1.165) is 47.1 Å². The van der Waals surface area contributed by atoms with E-state index >= 15 is 0 Å². The van der Waals surface area contributed by atoms with Crippen LogP contribution in [-0.4, -0.2) is 21.2 Å². The van der Waals surface area contributed by atoms with Crippen molar-refractivity contribution >= 4 is 23.4 Å². The number of unbranched alkanes of at least 4 members (excludes halogenated alkanes) is 1. The van der Waals surface area contributed by atoms with E-state index in [1.807, 2.05) is 20.8 Å². The van der Waals surface area contributed by atoms with Crippen LogP contribution in [0.5, 0.6) is 0 Å². The fraction of sp³-hybridized carbons (Fsp3) is 0.500. The van der Waals surface area contributed by atoms with Crippen LogP contribution < -0.4 is 5.32 Å². The molecule has 0 fully saturated rings. The number of aryl methyl sites for hydroxylation is 4. The van der Waals surface area contributed by atoms with Crippen LogP contribution in [0, 0.1) is 34.6 Å². The number of nitrogens with zero attached hydrogens (tertiary/aromatic N) is 2. The van der Waals surface area contributed by atoms with Gasteiger partial charge in [-0.2, -0.15) is 0 Å². The van der Waals surface area contributed by atoms with Gasteiger partial charge in [0.2, 0.25) is 5.91 Å². The molecule has 1 aromatic carbocycles. The molecule has 0 aliphatic heterocycles. The van der Waals surface area contributed by atoms with Crippen LogP contribution in [0.3, 0.4) is 0 Å². The van der Waals surface area contributed by atoms with Gasteiger partial charge in [-0.1, -0.05) is 42.8 Å². The molecule has 1 N–H and O–H groups in total. The van der Waals surface area contributed by atoms with Gasteiger partial charge in [0.15, 0.2) is 5.16 Å². The number of nitrogens with one attached hydrogen (secondary N) is 1. The first-order valence-corrected chi connectivity index (χ1v) is 9.86. The highest BCUT2D eigenvalue weighted by Gasteiger charge is 2.14. The van der Waals surface area contributed by atoms with Gasteiger partial charge in [-0.15, -0.1) is 0 Å². The number of benzene rings is 1. The van der Waals surface area contributed by atoms with Gasteiger partial charge in [-0.05, 0) is 52.2 Å². The number of hydrogen-bond donors (Lipinski definition) is 1. The SMILES string of the molecule is CCCCn1c(SCC(=O)Nc2c(C)cc(C)cc2C)nc(C)c1C. The molecule has 0 bridgehead atoms. The Morgan fingerprint density at radius 2 is 1.80 bits per heavy atom. The lowest BCUT2D eigenvalue weighted by molar-refractivity contribution is -0.113. The van der Waals surface area contributed by atoms with E-state index in [-0.39, 0.29) is 5.91 Å². The molecule has 5 heteroatoms. The molecule has 136 valence electrons. The molecule has 0 unspecified atom stereocenters. The summed E-state index contributed by atoms with van der Waals surface area (Å²) < 4.78 is 2.24. The Morgan fingerprint density at radius 1 is 1.16 bits per heavy atom. The second-order valence-electron chi connectivity index (χ2n) is 6.68. The molecule has 1 amide bonds. The number of thioether (sulfide) groups is 1.